The number of aryl methyl sites for hydroxylation is 2. The number of thioether (sulfide) groups is 1. The summed E-state index contributed by atoms with van der Waals surface area (Å²) in [7, 11) is 0. The Balaban J connectivity index is 1.90. The lowest BCUT2D eigenvalue weighted by atomic mass is 10.1. The molecule has 2 rings (SSSR count). The van der Waals surface area contributed by atoms with E-state index in [2.05, 4.69) is 23.6 Å². The second-order valence-corrected chi connectivity index (χ2v) is 8.22. The van der Waals surface area contributed by atoms with E-state index in [-0.39, 0.29) is 17.1 Å². The average Bonchev–Trinajstić information content (AvgIpc) is 2.60. The molecule has 0 aliphatic rings. The molecule has 0 aliphatic heterocycles. The highest BCUT2D eigenvalue weighted by molar-refractivity contribution is 8.00. The molecule has 4 nitrogen and oxygen atoms in total. The lowest BCUT2D eigenvalue weighted by Crippen LogP contribution is -2.22. The number of hydrogen-bond donors (Lipinski definition) is 2. The molecule has 5 heteroatoms. The van der Waals surface area contributed by atoms with Gasteiger partial charge in [0.1, 0.15) is 0 Å². The van der Waals surface area contributed by atoms with E-state index >= 15 is 0 Å². The first-order chi connectivity index (χ1) is 12.9. The van der Waals surface area contributed by atoms with E-state index < -0.39 is 0 Å². The minimum atomic E-state index is -0.226. The van der Waals surface area contributed by atoms with Crippen LogP contribution in [0.25, 0.3) is 0 Å². The van der Waals surface area contributed by atoms with E-state index in [4.69, 9.17) is 0 Å². The van der Waals surface area contributed by atoms with Crippen molar-refractivity contribution in [2.45, 2.75) is 57.1 Å². The Morgan fingerprint density at radius 3 is 2.19 bits per heavy atom. The number of rotatable bonds is 8. The van der Waals surface area contributed by atoms with Crippen molar-refractivity contribution in [3.05, 3.63) is 53.6 Å². The summed E-state index contributed by atoms with van der Waals surface area (Å²) in [6.45, 7) is 7.99. The van der Waals surface area contributed by atoms with Crippen molar-refractivity contribution in [3.8, 4) is 0 Å². The Labute approximate surface area is 166 Å². The molecule has 0 radical (unpaired) electrons. The van der Waals surface area contributed by atoms with Gasteiger partial charge in [-0.3, -0.25) is 9.59 Å². The van der Waals surface area contributed by atoms with Crippen LogP contribution in [0.4, 0.5) is 11.4 Å². The van der Waals surface area contributed by atoms with Crippen molar-refractivity contribution in [2.24, 2.45) is 0 Å². The zero-order valence-corrected chi connectivity index (χ0v) is 17.3. The molecule has 0 saturated carbocycles. The van der Waals surface area contributed by atoms with E-state index in [9.17, 15) is 9.59 Å². The molecule has 1 atom stereocenters. The fourth-order valence-electron chi connectivity index (χ4n) is 2.73. The lowest BCUT2D eigenvalue weighted by Gasteiger charge is -2.13. The van der Waals surface area contributed by atoms with Gasteiger partial charge in [-0.2, -0.15) is 0 Å². The van der Waals surface area contributed by atoms with Crippen LogP contribution in [0.2, 0.25) is 0 Å². The fraction of sp³-hybridized carbons (Fsp3) is 0.364. The summed E-state index contributed by atoms with van der Waals surface area (Å²) in [4.78, 5) is 25.2. The van der Waals surface area contributed by atoms with Gasteiger partial charge in [0.15, 0.2) is 0 Å². The van der Waals surface area contributed by atoms with Gasteiger partial charge in [0, 0.05) is 22.7 Å². The molecule has 0 bridgehead atoms. The summed E-state index contributed by atoms with van der Waals surface area (Å²) in [5.41, 5.74) is 3.87. The van der Waals surface area contributed by atoms with Crippen molar-refractivity contribution in [2.75, 3.05) is 10.6 Å². The van der Waals surface area contributed by atoms with Crippen molar-refractivity contribution >= 4 is 35.0 Å². The van der Waals surface area contributed by atoms with E-state index in [1.807, 2.05) is 57.2 Å². The first-order valence-electron chi connectivity index (χ1n) is 9.33. The predicted octanol–water partition coefficient (Wildman–Crippen LogP) is 5.55. The lowest BCUT2D eigenvalue weighted by molar-refractivity contribution is -0.116. The van der Waals surface area contributed by atoms with Crippen molar-refractivity contribution in [1.82, 2.24) is 0 Å². The Morgan fingerprint density at radius 2 is 1.59 bits per heavy atom. The topological polar surface area (TPSA) is 58.2 Å². The molecule has 0 heterocycles. The van der Waals surface area contributed by atoms with Gasteiger partial charge < -0.3 is 10.6 Å². The average molecular weight is 385 g/mol. The second-order valence-electron chi connectivity index (χ2n) is 6.80. The molecule has 2 aromatic rings. The molecule has 0 saturated heterocycles. The molecule has 1 unspecified atom stereocenters. The monoisotopic (exact) mass is 384 g/mol. The van der Waals surface area contributed by atoms with Crippen LogP contribution in [0.5, 0.6) is 0 Å². The van der Waals surface area contributed by atoms with Crippen LogP contribution in [0, 0.1) is 13.8 Å². The van der Waals surface area contributed by atoms with Crippen LogP contribution in [-0.2, 0) is 9.59 Å². The van der Waals surface area contributed by atoms with Gasteiger partial charge in [-0.1, -0.05) is 19.4 Å². The Hall–Kier alpha value is -2.27. The van der Waals surface area contributed by atoms with Crippen LogP contribution in [0.3, 0.4) is 0 Å². The van der Waals surface area contributed by atoms with E-state index in [1.165, 1.54) is 11.8 Å². The highest BCUT2D eigenvalue weighted by Gasteiger charge is 2.15. The number of hydrogen-bond acceptors (Lipinski definition) is 3. The van der Waals surface area contributed by atoms with Crippen molar-refractivity contribution < 1.29 is 9.59 Å². The molecule has 2 amide bonds. The van der Waals surface area contributed by atoms with Crippen LogP contribution in [0.15, 0.2) is 47.4 Å². The highest BCUT2D eigenvalue weighted by Crippen LogP contribution is 2.26. The molecule has 2 aromatic carbocycles. The Kier molecular flexibility index (Phi) is 7.92. The molecule has 2 N–H and O–H groups in total. The van der Waals surface area contributed by atoms with E-state index in [0.29, 0.717) is 6.42 Å². The van der Waals surface area contributed by atoms with Crippen molar-refractivity contribution in [3.63, 3.8) is 0 Å². The number of carbonyl (C=O) groups excluding carboxylic acids is 2. The number of unbranched alkanes of at least 4 members (excludes halogenated alkanes) is 1. The summed E-state index contributed by atoms with van der Waals surface area (Å²) >= 11 is 1.50. The summed E-state index contributed by atoms with van der Waals surface area (Å²) in [6, 6.07) is 13.6. The molecule has 0 fully saturated rings. The molecule has 0 aliphatic carbocycles. The maximum atomic E-state index is 12.5. The van der Waals surface area contributed by atoms with Gasteiger partial charge in [-0.05, 0) is 74.7 Å². The molecular weight excluding hydrogens is 356 g/mol. The normalized spacial score (nSPS) is 11.7. The summed E-state index contributed by atoms with van der Waals surface area (Å²) in [5.74, 6) is 0.0143. The second kappa shape index (κ2) is 10.2. The number of amides is 2. The predicted molar refractivity (Wildman–Crippen MR) is 114 cm³/mol. The van der Waals surface area contributed by atoms with Gasteiger partial charge in [0.05, 0.1) is 5.25 Å². The fourth-order valence-corrected chi connectivity index (χ4v) is 3.59. The smallest absolute Gasteiger partial charge is 0.237 e. The number of nitrogens with one attached hydrogen (secondary N) is 2. The molecule has 0 aromatic heterocycles. The van der Waals surface area contributed by atoms with Crippen LogP contribution < -0.4 is 10.6 Å². The van der Waals surface area contributed by atoms with Gasteiger partial charge in [-0.15, -0.1) is 11.8 Å². The van der Waals surface area contributed by atoms with Crippen LogP contribution >= 0.6 is 11.8 Å². The Morgan fingerprint density at radius 1 is 0.963 bits per heavy atom. The number of carbonyl (C=O) groups is 2. The number of benzene rings is 2. The van der Waals surface area contributed by atoms with Crippen LogP contribution in [0.1, 0.15) is 44.2 Å². The quantitative estimate of drug-likeness (QED) is 0.587. The third kappa shape index (κ3) is 7.10. The molecule has 27 heavy (non-hydrogen) atoms. The summed E-state index contributed by atoms with van der Waals surface area (Å²) in [5, 5.41) is 5.65. The van der Waals surface area contributed by atoms with Gasteiger partial charge >= 0.3 is 0 Å². The van der Waals surface area contributed by atoms with E-state index in [1.54, 1.807) is 0 Å². The standard InChI is InChI=1S/C22H28N2O2S/c1-5-6-7-21(25)23-18-8-10-20(11-9-18)27-17(4)22(26)24-19-13-15(2)12-16(3)14-19/h8-14,17H,5-7H2,1-4H3,(H,23,25)(H,24,26). The minimum absolute atomic E-state index is 0.0260. The zero-order chi connectivity index (χ0) is 19.8. The third-order valence-corrected chi connectivity index (χ3v) is 5.18. The SMILES string of the molecule is CCCCC(=O)Nc1ccc(SC(C)C(=O)Nc2cc(C)cc(C)c2)cc1. The maximum absolute atomic E-state index is 12.5. The summed E-state index contributed by atoms with van der Waals surface area (Å²) in [6.07, 6.45) is 2.45. The molecule has 0 spiro atoms. The minimum Gasteiger partial charge on any atom is -0.326 e. The Bertz CT molecular complexity index is 767. The largest absolute Gasteiger partial charge is 0.326 e. The molecular formula is C22H28N2O2S. The first-order valence-corrected chi connectivity index (χ1v) is 10.2. The summed E-state index contributed by atoms with van der Waals surface area (Å²) < 4.78 is 0. The molecule has 144 valence electrons. The van der Waals surface area contributed by atoms with Gasteiger partial charge in [-0.25, -0.2) is 0 Å². The van der Waals surface area contributed by atoms with Gasteiger partial charge in [0.25, 0.3) is 0 Å². The highest BCUT2D eigenvalue weighted by atomic mass is 32.2. The zero-order valence-electron chi connectivity index (χ0n) is 16.5. The maximum Gasteiger partial charge on any atom is 0.237 e. The first kappa shape index (κ1) is 21.0. The van der Waals surface area contributed by atoms with E-state index in [0.717, 1.165) is 40.2 Å². The van der Waals surface area contributed by atoms with Crippen molar-refractivity contribution in [1.29, 1.82) is 0 Å². The van der Waals surface area contributed by atoms with Crippen LogP contribution in [-0.4, -0.2) is 17.1 Å². The van der Waals surface area contributed by atoms with Gasteiger partial charge in [0.2, 0.25) is 11.8 Å². The third-order valence-electron chi connectivity index (χ3n) is 4.07. The number of anilines is 2.